The van der Waals surface area contributed by atoms with E-state index < -0.39 is 0 Å². The highest BCUT2D eigenvalue weighted by molar-refractivity contribution is 5.37. The van der Waals surface area contributed by atoms with Crippen molar-refractivity contribution in [3.63, 3.8) is 0 Å². The normalized spacial score (nSPS) is 10.5. The number of benzene rings is 1. The minimum absolute atomic E-state index is 0.231. The molecule has 5 heteroatoms. The van der Waals surface area contributed by atoms with Crippen molar-refractivity contribution in [2.75, 3.05) is 13.7 Å². The third-order valence-electron chi connectivity index (χ3n) is 3.05. The number of aromatic nitrogens is 2. The third kappa shape index (κ3) is 4.42. The molecule has 0 spiro atoms. The Morgan fingerprint density at radius 2 is 2.14 bits per heavy atom. The molecule has 0 saturated carbocycles. The lowest BCUT2D eigenvalue weighted by atomic mass is 10.1. The number of hydrogen-bond acceptors (Lipinski definition) is 3. The highest BCUT2D eigenvalue weighted by Crippen LogP contribution is 2.12. The summed E-state index contributed by atoms with van der Waals surface area (Å²) in [6, 6.07) is 4.70. The molecular weight excluding hydrogens is 269 g/mol. The van der Waals surface area contributed by atoms with Crippen LogP contribution in [0.25, 0.3) is 0 Å². The third-order valence-corrected chi connectivity index (χ3v) is 3.05. The van der Waals surface area contributed by atoms with E-state index >= 15 is 0 Å². The zero-order chi connectivity index (χ0) is 15.2. The van der Waals surface area contributed by atoms with E-state index in [9.17, 15) is 4.39 Å². The van der Waals surface area contributed by atoms with E-state index in [1.54, 1.807) is 6.20 Å². The van der Waals surface area contributed by atoms with Crippen LogP contribution in [0.3, 0.4) is 0 Å². The predicted octanol–water partition coefficient (Wildman–Crippen LogP) is 1.53. The average molecular weight is 287 g/mol. The second-order valence-electron chi connectivity index (χ2n) is 4.93. The van der Waals surface area contributed by atoms with Crippen LogP contribution in [0.1, 0.15) is 17.0 Å². The Labute approximate surface area is 123 Å². The molecule has 0 fully saturated rings. The van der Waals surface area contributed by atoms with Gasteiger partial charge in [-0.2, -0.15) is 0 Å². The summed E-state index contributed by atoms with van der Waals surface area (Å²) in [6.45, 7) is 1.04. The van der Waals surface area contributed by atoms with Crippen LogP contribution in [-0.2, 0) is 20.1 Å². The van der Waals surface area contributed by atoms with Gasteiger partial charge in [-0.05, 0) is 30.8 Å². The minimum Gasteiger partial charge on any atom is -0.384 e. The maximum atomic E-state index is 13.6. The van der Waals surface area contributed by atoms with E-state index in [1.807, 2.05) is 30.9 Å². The van der Waals surface area contributed by atoms with Gasteiger partial charge in [0.2, 0.25) is 0 Å². The second-order valence-corrected chi connectivity index (χ2v) is 4.93. The molecule has 0 radical (unpaired) electrons. The van der Waals surface area contributed by atoms with E-state index in [0.717, 1.165) is 11.4 Å². The number of halogens is 1. The first kappa shape index (κ1) is 15.2. The van der Waals surface area contributed by atoms with Gasteiger partial charge in [0.15, 0.2) is 0 Å². The second kappa shape index (κ2) is 7.02. The Hall–Kier alpha value is -2.16. The molecule has 2 rings (SSSR count). The first-order valence-corrected chi connectivity index (χ1v) is 6.62. The quantitative estimate of drug-likeness (QED) is 0.867. The number of rotatable bonds is 4. The molecule has 1 aromatic heterocycles. The molecule has 1 aromatic carbocycles. The van der Waals surface area contributed by atoms with E-state index in [2.05, 4.69) is 21.7 Å². The number of nitrogens with zero attached hydrogens (tertiary/aromatic N) is 3. The minimum atomic E-state index is -0.319. The number of aliphatic hydroxyl groups excluding tert-OH is 1. The zero-order valence-corrected chi connectivity index (χ0v) is 12.2. The first-order chi connectivity index (χ1) is 10.1. The molecule has 1 heterocycles. The fourth-order valence-corrected chi connectivity index (χ4v) is 2.11. The first-order valence-electron chi connectivity index (χ1n) is 6.62. The Kier molecular flexibility index (Phi) is 5.09. The molecule has 0 saturated heterocycles. The average Bonchev–Trinajstić information content (AvgIpc) is 2.81. The van der Waals surface area contributed by atoms with Crippen molar-refractivity contribution < 1.29 is 9.50 Å². The SMILES string of the molecule is CN(Cc1cc(F)cc(C#CCO)c1)Cc1nccn1C. The molecule has 0 atom stereocenters. The van der Waals surface area contributed by atoms with Crippen LogP contribution in [0.2, 0.25) is 0 Å². The van der Waals surface area contributed by atoms with Gasteiger partial charge in [-0.25, -0.2) is 9.37 Å². The van der Waals surface area contributed by atoms with Crippen molar-refractivity contribution in [1.29, 1.82) is 0 Å². The summed E-state index contributed by atoms with van der Waals surface area (Å²) in [5, 5.41) is 8.70. The van der Waals surface area contributed by atoms with Gasteiger partial charge in [0.1, 0.15) is 18.2 Å². The smallest absolute Gasteiger partial charge is 0.124 e. The number of hydrogen-bond donors (Lipinski definition) is 1. The summed E-state index contributed by atoms with van der Waals surface area (Å²) < 4.78 is 15.5. The molecule has 0 unspecified atom stereocenters. The molecule has 0 aliphatic heterocycles. The van der Waals surface area contributed by atoms with Crippen molar-refractivity contribution >= 4 is 0 Å². The van der Waals surface area contributed by atoms with E-state index in [1.165, 1.54) is 12.1 Å². The number of aliphatic hydroxyl groups is 1. The number of imidazole rings is 1. The van der Waals surface area contributed by atoms with Crippen molar-refractivity contribution in [3.05, 3.63) is 53.4 Å². The Morgan fingerprint density at radius 1 is 1.33 bits per heavy atom. The van der Waals surface area contributed by atoms with Crippen molar-refractivity contribution in [2.24, 2.45) is 7.05 Å². The van der Waals surface area contributed by atoms with E-state index in [0.29, 0.717) is 18.7 Å². The number of aryl methyl sites for hydroxylation is 1. The molecule has 0 amide bonds. The van der Waals surface area contributed by atoms with Gasteiger partial charge >= 0.3 is 0 Å². The van der Waals surface area contributed by atoms with Crippen molar-refractivity contribution in [3.8, 4) is 11.8 Å². The Morgan fingerprint density at radius 3 is 2.81 bits per heavy atom. The summed E-state index contributed by atoms with van der Waals surface area (Å²) in [5.41, 5.74) is 1.42. The fourth-order valence-electron chi connectivity index (χ4n) is 2.11. The highest BCUT2D eigenvalue weighted by Gasteiger charge is 2.07. The van der Waals surface area contributed by atoms with Crippen LogP contribution in [0.15, 0.2) is 30.6 Å². The van der Waals surface area contributed by atoms with Crippen molar-refractivity contribution in [1.82, 2.24) is 14.5 Å². The Balaban J connectivity index is 2.08. The topological polar surface area (TPSA) is 41.3 Å². The lowest BCUT2D eigenvalue weighted by Crippen LogP contribution is -2.19. The summed E-state index contributed by atoms with van der Waals surface area (Å²) in [5.74, 6) is 5.89. The summed E-state index contributed by atoms with van der Waals surface area (Å²) in [4.78, 5) is 6.33. The maximum absolute atomic E-state index is 13.6. The Bertz CT molecular complexity index is 670. The van der Waals surface area contributed by atoms with E-state index in [-0.39, 0.29) is 12.4 Å². The van der Waals surface area contributed by atoms with Gasteiger partial charge in [0, 0.05) is 31.5 Å². The van der Waals surface area contributed by atoms with E-state index in [4.69, 9.17) is 5.11 Å². The molecular formula is C16H18FN3O. The summed E-state index contributed by atoms with van der Waals surface area (Å²) >= 11 is 0. The molecule has 2 aromatic rings. The van der Waals surface area contributed by atoms with Crippen molar-refractivity contribution in [2.45, 2.75) is 13.1 Å². The van der Waals surface area contributed by atoms with Crippen LogP contribution in [0.5, 0.6) is 0 Å². The standard InChI is InChI=1S/C16H18FN3O/c1-19(12-16-18-5-6-20(16)2)11-14-8-13(4-3-7-21)9-15(17)10-14/h5-6,8-10,21H,7,11-12H2,1-2H3. The highest BCUT2D eigenvalue weighted by atomic mass is 19.1. The molecule has 110 valence electrons. The van der Waals surface area contributed by atoms with Gasteiger partial charge < -0.3 is 9.67 Å². The summed E-state index contributed by atoms with van der Waals surface area (Å²) in [7, 11) is 3.90. The fraction of sp³-hybridized carbons (Fsp3) is 0.312. The predicted molar refractivity (Wildman–Crippen MR) is 78.7 cm³/mol. The lowest BCUT2D eigenvalue weighted by Gasteiger charge is -2.16. The zero-order valence-electron chi connectivity index (χ0n) is 12.2. The van der Waals surface area contributed by atoms with Crippen LogP contribution in [-0.4, -0.2) is 33.2 Å². The van der Waals surface area contributed by atoms with Gasteiger partial charge in [-0.15, -0.1) is 0 Å². The largest absolute Gasteiger partial charge is 0.384 e. The van der Waals surface area contributed by atoms with Gasteiger partial charge in [0.25, 0.3) is 0 Å². The molecule has 21 heavy (non-hydrogen) atoms. The monoisotopic (exact) mass is 287 g/mol. The van der Waals surface area contributed by atoms with Crippen LogP contribution < -0.4 is 0 Å². The maximum Gasteiger partial charge on any atom is 0.124 e. The van der Waals surface area contributed by atoms with Gasteiger partial charge in [0.05, 0.1) is 6.54 Å². The van der Waals surface area contributed by atoms with Crippen LogP contribution in [0, 0.1) is 17.7 Å². The summed E-state index contributed by atoms with van der Waals surface area (Å²) in [6.07, 6.45) is 3.65. The molecule has 0 bridgehead atoms. The lowest BCUT2D eigenvalue weighted by molar-refractivity contribution is 0.306. The molecule has 1 N–H and O–H groups in total. The molecule has 4 nitrogen and oxygen atoms in total. The molecule has 0 aliphatic rings. The van der Waals surface area contributed by atoms with Gasteiger partial charge in [-0.3, -0.25) is 4.90 Å². The van der Waals surface area contributed by atoms with Crippen LogP contribution >= 0.6 is 0 Å². The molecule has 0 aliphatic carbocycles. The van der Waals surface area contributed by atoms with Gasteiger partial charge in [-0.1, -0.05) is 11.8 Å². The van der Waals surface area contributed by atoms with Crippen LogP contribution in [0.4, 0.5) is 4.39 Å².